The molecule has 3 atom stereocenters. The fourth-order valence-corrected chi connectivity index (χ4v) is 1.87. The highest BCUT2D eigenvalue weighted by Crippen LogP contribution is 2.14. The van der Waals surface area contributed by atoms with Crippen LogP contribution in [0.15, 0.2) is 0 Å². The van der Waals surface area contributed by atoms with Crippen LogP contribution in [0, 0.1) is 0 Å². The second kappa shape index (κ2) is 8.32. The zero-order chi connectivity index (χ0) is 16.7. The van der Waals surface area contributed by atoms with Crippen molar-refractivity contribution in [2.45, 2.75) is 45.0 Å². The molecule has 3 unspecified atom stereocenters. The van der Waals surface area contributed by atoms with E-state index in [2.05, 4.69) is 9.47 Å². The zero-order valence-electron chi connectivity index (χ0n) is 12.3. The van der Waals surface area contributed by atoms with Crippen molar-refractivity contribution >= 4 is 23.9 Å². The summed E-state index contributed by atoms with van der Waals surface area (Å²) in [7, 11) is 0. The van der Waals surface area contributed by atoms with Gasteiger partial charge in [0.05, 0.1) is 6.10 Å². The summed E-state index contributed by atoms with van der Waals surface area (Å²) in [5.74, 6) is -4.58. The maximum atomic E-state index is 12.0. The lowest BCUT2D eigenvalue weighted by molar-refractivity contribution is -0.189. The average molecular weight is 318 g/mol. The Morgan fingerprint density at radius 1 is 1.14 bits per heavy atom. The summed E-state index contributed by atoms with van der Waals surface area (Å²) in [6.07, 6.45) is -2.59. The number of carboxylic acid groups (broad SMARTS) is 1. The zero-order valence-corrected chi connectivity index (χ0v) is 12.3. The van der Waals surface area contributed by atoms with E-state index in [1.54, 1.807) is 0 Å². The van der Waals surface area contributed by atoms with E-state index in [0.29, 0.717) is 13.0 Å². The molecule has 1 heterocycles. The maximum absolute atomic E-state index is 12.0. The average Bonchev–Trinajstić information content (AvgIpc) is 2.92. The highest BCUT2D eigenvalue weighted by molar-refractivity contribution is 5.88. The van der Waals surface area contributed by atoms with Crippen LogP contribution in [0.25, 0.3) is 0 Å². The van der Waals surface area contributed by atoms with Crippen LogP contribution in [0.4, 0.5) is 0 Å². The van der Waals surface area contributed by atoms with Gasteiger partial charge in [-0.1, -0.05) is 0 Å². The third-order valence-corrected chi connectivity index (χ3v) is 2.77. The van der Waals surface area contributed by atoms with Gasteiger partial charge in [0.25, 0.3) is 0 Å². The lowest BCUT2D eigenvalue weighted by atomic mass is 10.2. The van der Waals surface area contributed by atoms with E-state index in [0.717, 1.165) is 20.3 Å². The molecule has 1 N–H and O–H groups in total. The molecular weight excluding hydrogens is 300 g/mol. The monoisotopic (exact) mass is 318 g/mol. The van der Waals surface area contributed by atoms with Gasteiger partial charge in [0.2, 0.25) is 12.2 Å². The first-order valence-electron chi connectivity index (χ1n) is 6.66. The second-order valence-corrected chi connectivity index (χ2v) is 4.66. The molecular formula is C13H18O9. The minimum absolute atomic E-state index is 0.0942. The molecule has 1 aliphatic heterocycles. The summed E-state index contributed by atoms with van der Waals surface area (Å²) in [6, 6.07) is 0. The quantitative estimate of drug-likeness (QED) is 0.495. The summed E-state index contributed by atoms with van der Waals surface area (Å²) in [5, 5.41) is 9.03. The first-order chi connectivity index (χ1) is 10.3. The third-order valence-electron chi connectivity index (χ3n) is 2.77. The SMILES string of the molecule is CC(=O)OC(C(=O)O)C(OC(C)=O)C(=O)OCC1CCCO1. The summed E-state index contributed by atoms with van der Waals surface area (Å²) >= 11 is 0. The fourth-order valence-electron chi connectivity index (χ4n) is 1.87. The maximum Gasteiger partial charge on any atom is 0.352 e. The van der Waals surface area contributed by atoms with Crippen LogP contribution in [0.5, 0.6) is 0 Å². The van der Waals surface area contributed by atoms with Crippen LogP contribution in [0.3, 0.4) is 0 Å². The Labute approximate surface area is 126 Å². The van der Waals surface area contributed by atoms with Gasteiger partial charge in [-0.05, 0) is 12.8 Å². The molecule has 22 heavy (non-hydrogen) atoms. The molecule has 1 rings (SSSR count). The number of ether oxygens (including phenoxy) is 4. The van der Waals surface area contributed by atoms with Gasteiger partial charge >= 0.3 is 23.9 Å². The molecule has 124 valence electrons. The number of rotatable bonds is 7. The van der Waals surface area contributed by atoms with Gasteiger partial charge in [0.1, 0.15) is 6.61 Å². The molecule has 1 aliphatic rings. The van der Waals surface area contributed by atoms with Gasteiger partial charge in [0, 0.05) is 20.5 Å². The van der Waals surface area contributed by atoms with Crippen LogP contribution in [0.2, 0.25) is 0 Å². The molecule has 0 radical (unpaired) electrons. The lowest BCUT2D eigenvalue weighted by Crippen LogP contribution is -2.46. The van der Waals surface area contributed by atoms with Crippen LogP contribution >= 0.6 is 0 Å². The first-order valence-corrected chi connectivity index (χ1v) is 6.66. The van der Waals surface area contributed by atoms with E-state index in [1.807, 2.05) is 0 Å². The summed E-state index contributed by atoms with van der Waals surface area (Å²) in [5.41, 5.74) is 0. The molecule has 0 spiro atoms. The van der Waals surface area contributed by atoms with Gasteiger partial charge in [-0.15, -0.1) is 0 Å². The molecule has 0 aliphatic carbocycles. The molecule has 0 amide bonds. The molecule has 1 fully saturated rings. The van der Waals surface area contributed by atoms with Gasteiger partial charge < -0.3 is 24.1 Å². The molecule has 0 aromatic heterocycles. The second-order valence-electron chi connectivity index (χ2n) is 4.66. The van der Waals surface area contributed by atoms with E-state index in [-0.39, 0.29) is 12.7 Å². The van der Waals surface area contributed by atoms with Crippen LogP contribution in [-0.2, 0) is 38.1 Å². The number of aliphatic carboxylic acids is 1. The van der Waals surface area contributed by atoms with Crippen LogP contribution in [-0.4, -0.2) is 60.5 Å². The first kappa shape index (κ1) is 17.9. The smallest absolute Gasteiger partial charge is 0.352 e. The van der Waals surface area contributed by atoms with Crippen molar-refractivity contribution in [1.29, 1.82) is 0 Å². The Morgan fingerprint density at radius 2 is 1.73 bits per heavy atom. The van der Waals surface area contributed by atoms with Crippen LogP contribution in [0.1, 0.15) is 26.7 Å². The van der Waals surface area contributed by atoms with E-state index < -0.39 is 36.1 Å². The number of hydrogen-bond donors (Lipinski definition) is 1. The standard InChI is InChI=1S/C13H18O9/c1-7(14)21-10(12(16)17)11(22-8(2)15)13(18)20-6-9-4-3-5-19-9/h9-11H,3-6H2,1-2H3,(H,16,17). The highest BCUT2D eigenvalue weighted by Gasteiger charge is 2.41. The Morgan fingerprint density at radius 3 is 2.18 bits per heavy atom. The number of carbonyl (C=O) groups excluding carboxylic acids is 3. The number of esters is 3. The minimum Gasteiger partial charge on any atom is -0.478 e. The minimum atomic E-state index is -1.97. The van der Waals surface area contributed by atoms with Gasteiger partial charge in [0.15, 0.2) is 0 Å². The van der Waals surface area contributed by atoms with E-state index in [9.17, 15) is 19.2 Å². The van der Waals surface area contributed by atoms with Crippen molar-refractivity contribution < 1.29 is 43.2 Å². The van der Waals surface area contributed by atoms with E-state index in [1.165, 1.54) is 0 Å². The number of carbonyl (C=O) groups is 4. The van der Waals surface area contributed by atoms with Crippen molar-refractivity contribution in [3.05, 3.63) is 0 Å². The fraction of sp³-hybridized carbons (Fsp3) is 0.692. The summed E-state index contributed by atoms with van der Waals surface area (Å²) in [6.45, 7) is 2.43. The van der Waals surface area contributed by atoms with Crippen molar-refractivity contribution in [3.63, 3.8) is 0 Å². The Kier molecular flexibility index (Phi) is 6.77. The molecule has 9 heteroatoms. The summed E-state index contributed by atoms with van der Waals surface area (Å²) < 4.78 is 19.3. The molecule has 9 nitrogen and oxygen atoms in total. The molecule has 0 aromatic rings. The third kappa shape index (κ3) is 5.68. The molecule has 0 bridgehead atoms. The summed E-state index contributed by atoms with van der Waals surface area (Å²) in [4.78, 5) is 45.1. The Hall–Kier alpha value is -2.16. The van der Waals surface area contributed by atoms with E-state index >= 15 is 0 Å². The normalized spacial score (nSPS) is 19.8. The van der Waals surface area contributed by atoms with Gasteiger partial charge in [-0.25, -0.2) is 9.59 Å². The lowest BCUT2D eigenvalue weighted by Gasteiger charge is -2.22. The van der Waals surface area contributed by atoms with Crippen molar-refractivity contribution in [3.8, 4) is 0 Å². The number of hydrogen-bond acceptors (Lipinski definition) is 8. The predicted molar refractivity (Wildman–Crippen MR) is 68.7 cm³/mol. The largest absolute Gasteiger partial charge is 0.478 e. The van der Waals surface area contributed by atoms with Gasteiger partial charge in [-0.3, -0.25) is 9.59 Å². The van der Waals surface area contributed by atoms with Gasteiger partial charge in [-0.2, -0.15) is 0 Å². The topological polar surface area (TPSA) is 125 Å². The number of carboxylic acids is 1. The van der Waals surface area contributed by atoms with E-state index in [4.69, 9.17) is 14.6 Å². The van der Waals surface area contributed by atoms with Crippen molar-refractivity contribution in [1.82, 2.24) is 0 Å². The van der Waals surface area contributed by atoms with Crippen molar-refractivity contribution in [2.24, 2.45) is 0 Å². The van der Waals surface area contributed by atoms with Crippen molar-refractivity contribution in [2.75, 3.05) is 13.2 Å². The molecule has 1 saturated heterocycles. The molecule has 0 saturated carbocycles. The Balaban J connectivity index is 2.74. The predicted octanol–water partition coefficient (Wildman–Crippen LogP) is -0.343. The molecule has 0 aromatic carbocycles. The Bertz CT molecular complexity index is 439. The van der Waals surface area contributed by atoms with Crippen LogP contribution < -0.4 is 0 Å². The highest BCUT2D eigenvalue weighted by atomic mass is 16.6.